The van der Waals surface area contributed by atoms with Crippen LogP contribution in [0, 0.1) is 0 Å². The van der Waals surface area contributed by atoms with Crippen molar-refractivity contribution in [3.8, 4) is 0 Å². The van der Waals surface area contributed by atoms with E-state index in [2.05, 4.69) is 16.9 Å². The highest BCUT2D eigenvalue weighted by Crippen LogP contribution is 2.03. The van der Waals surface area contributed by atoms with Gasteiger partial charge in [-0.25, -0.2) is 4.98 Å². The predicted molar refractivity (Wildman–Crippen MR) is 52.7 cm³/mol. The molecular formula is C10H16N2O. The Balaban J connectivity index is 2.33. The molecule has 72 valence electrons. The van der Waals surface area contributed by atoms with Crippen LogP contribution in [0.4, 0.5) is 0 Å². The SMILES string of the molecule is CCCCCCc1cc(=O)[nH]cn1. The van der Waals surface area contributed by atoms with Gasteiger partial charge in [-0.2, -0.15) is 0 Å². The van der Waals surface area contributed by atoms with Crippen LogP contribution in [0.15, 0.2) is 17.2 Å². The molecule has 0 amide bonds. The molecule has 1 N–H and O–H groups in total. The van der Waals surface area contributed by atoms with Crippen LogP contribution in [0.2, 0.25) is 0 Å². The highest BCUT2D eigenvalue weighted by molar-refractivity contribution is 4.97. The number of unbranched alkanes of at least 4 members (excludes halogenated alkanes) is 3. The minimum Gasteiger partial charge on any atom is -0.313 e. The van der Waals surface area contributed by atoms with Crippen molar-refractivity contribution in [1.82, 2.24) is 9.97 Å². The van der Waals surface area contributed by atoms with Gasteiger partial charge in [-0.05, 0) is 12.8 Å². The van der Waals surface area contributed by atoms with E-state index in [1.54, 1.807) is 6.07 Å². The number of aromatic nitrogens is 2. The first-order chi connectivity index (χ1) is 6.33. The Bertz CT molecular complexity index is 293. The Morgan fingerprint density at radius 3 is 2.92 bits per heavy atom. The van der Waals surface area contributed by atoms with Gasteiger partial charge >= 0.3 is 0 Å². The van der Waals surface area contributed by atoms with Gasteiger partial charge in [-0.1, -0.05) is 26.2 Å². The van der Waals surface area contributed by atoms with Gasteiger partial charge < -0.3 is 4.98 Å². The van der Waals surface area contributed by atoms with Crippen LogP contribution in [0.1, 0.15) is 38.3 Å². The quantitative estimate of drug-likeness (QED) is 0.703. The first-order valence-electron chi connectivity index (χ1n) is 4.86. The molecule has 13 heavy (non-hydrogen) atoms. The largest absolute Gasteiger partial charge is 0.313 e. The third kappa shape index (κ3) is 3.87. The lowest BCUT2D eigenvalue weighted by Gasteiger charge is -1.98. The molecule has 0 aromatic carbocycles. The Morgan fingerprint density at radius 2 is 2.23 bits per heavy atom. The fraction of sp³-hybridized carbons (Fsp3) is 0.600. The molecule has 0 saturated carbocycles. The number of aryl methyl sites for hydroxylation is 1. The van der Waals surface area contributed by atoms with Gasteiger partial charge in [-0.3, -0.25) is 4.79 Å². The van der Waals surface area contributed by atoms with Gasteiger partial charge in [0.1, 0.15) is 0 Å². The molecule has 0 saturated heterocycles. The van der Waals surface area contributed by atoms with Crippen molar-refractivity contribution in [3.63, 3.8) is 0 Å². The van der Waals surface area contributed by atoms with Crippen LogP contribution in [0.5, 0.6) is 0 Å². The zero-order valence-electron chi connectivity index (χ0n) is 8.05. The summed E-state index contributed by atoms with van der Waals surface area (Å²) in [5, 5.41) is 0. The highest BCUT2D eigenvalue weighted by Gasteiger charge is 1.94. The van der Waals surface area contributed by atoms with Crippen molar-refractivity contribution < 1.29 is 0 Å². The lowest BCUT2D eigenvalue weighted by molar-refractivity contribution is 0.659. The number of H-pyrrole nitrogens is 1. The van der Waals surface area contributed by atoms with E-state index in [1.165, 1.54) is 25.6 Å². The third-order valence-corrected chi connectivity index (χ3v) is 2.02. The molecule has 1 aromatic rings. The highest BCUT2D eigenvalue weighted by atomic mass is 16.1. The maximum absolute atomic E-state index is 10.9. The van der Waals surface area contributed by atoms with Gasteiger partial charge in [0.25, 0.3) is 5.56 Å². The molecule has 0 bridgehead atoms. The lowest BCUT2D eigenvalue weighted by atomic mass is 10.1. The second-order valence-electron chi connectivity index (χ2n) is 3.21. The van der Waals surface area contributed by atoms with Crippen molar-refractivity contribution in [3.05, 3.63) is 28.4 Å². The molecule has 1 rings (SSSR count). The molecule has 0 unspecified atom stereocenters. The molecular weight excluding hydrogens is 164 g/mol. The van der Waals surface area contributed by atoms with E-state index in [9.17, 15) is 4.79 Å². The molecule has 0 aliphatic rings. The van der Waals surface area contributed by atoms with Gasteiger partial charge in [0, 0.05) is 11.8 Å². The minimum atomic E-state index is -0.0551. The molecule has 0 radical (unpaired) electrons. The number of rotatable bonds is 5. The fourth-order valence-electron chi connectivity index (χ4n) is 1.28. The second kappa shape index (κ2) is 5.51. The third-order valence-electron chi connectivity index (χ3n) is 2.02. The summed E-state index contributed by atoms with van der Waals surface area (Å²) >= 11 is 0. The molecule has 3 heteroatoms. The van der Waals surface area contributed by atoms with Gasteiger partial charge in [0.2, 0.25) is 0 Å². The number of aromatic amines is 1. The number of nitrogens with one attached hydrogen (secondary N) is 1. The monoisotopic (exact) mass is 180 g/mol. The Hall–Kier alpha value is -1.12. The van der Waals surface area contributed by atoms with E-state index in [4.69, 9.17) is 0 Å². The Morgan fingerprint density at radius 1 is 1.38 bits per heavy atom. The van der Waals surface area contributed by atoms with Crippen molar-refractivity contribution >= 4 is 0 Å². The van der Waals surface area contributed by atoms with Crippen LogP contribution >= 0.6 is 0 Å². The summed E-state index contributed by atoms with van der Waals surface area (Å²) < 4.78 is 0. The van der Waals surface area contributed by atoms with Crippen molar-refractivity contribution in [2.45, 2.75) is 39.0 Å². The first-order valence-corrected chi connectivity index (χ1v) is 4.86. The zero-order chi connectivity index (χ0) is 9.52. The summed E-state index contributed by atoms with van der Waals surface area (Å²) in [6.45, 7) is 2.19. The maximum Gasteiger partial charge on any atom is 0.250 e. The second-order valence-corrected chi connectivity index (χ2v) is 3.21. The summed E-state index contributed by atoms with van der Waals surface area (Å²) in [7, 11) is 0. The Labute approximate surface area is 78.2 Å². The maximum atomic E-state index is 10.9. The average molecular weight is 180 g/mol. The summed E-state index contributed by atoms with van der Waals surface area (Å²) in [5.41, 5.74) is 0.848. The smallest absolute Gasteiger partial charge is 0.250 e. The van der Waals surface area contributed by atoms with E-state index in [0.29, 0.717) is 0 Å². The van der Waals surface area contributed by atoms with E-state index < -0.39 is 0 Å². The number of nitrogens with zero attached hydrogens (tertiary/aromatic N) is 1. The van der Waals surface area contributed by atoms with Crippen molar-refractivity contribution in [1.29, 1.82) is 0 Å². The van der Waals surface area contributed by atoms with Crippen molar-refractivity contribution in [2.24, 2.45) is 0 Å². The first kappa shape index (κ1) is 9.96. The number of hydrogen-bond donors (Lipinski definition) is 1. The fourth-order valence-corrected chi connectivity index (χ4v) is 1.28. The molecule has 0 spiro atoms. The summed E-state index contributed by atoms with van der Waals surface area (Å²) in [6, 6.07) is 1.58. The van der Waals surface area contributed by atoms with E-state index in [1.807, 2.05) is 0 Å². The van der Waals surface area contributed by atoms with Gasteiger partial charge in [0.15, 0.2) is 0 Å². The minimum absolute atomic E-state index is 0.0551. The zero-order valence-corrected chi connectivity index (χ0v) is 8.05. The predicted octanol–water partition coefficient (Wildman–Crippen LogP) is 1.89. The summed E-state index contributed by atoms with van der Waals surface area (Å²) in [4.78, 5) is 17.5. The molecule has 0 fully saturated rings. The Kier molecular flexibility index (Phi) is 4.23. The summed E-state index contributed by atoms with van der Waals surface area (Å²) in [6.07, 6.45) is 7.25. The molecule has 1 heterocycles. The average Bonchev–Trinajstić information content (AvgIpc) is 2.13. The van der Waals surface area contributed by atoms with Crippen molar-refractivity contribution in [2.75, 3.05) is 0 Å². The summed E-state index contributed by atoms with van der Waals surface area (Å²) in [5.74, 6) is 0. The van der Waals surface area contributed by atoms with E-state index >= 15 is 0 Å². The van der Waals surface area contributed by atoms with Crippen LogP contribution < -0.4 is 5.56 Å². The molecule has 1 aromatic heterocycles. The molecule has 0 aliphatic heterocycles. The molecule has 0 atom stereocenters. The topological polar surface area (TPSA) is 45.8 Å². The number of hydrogen-bond acceptors (Lipinski definition) is 2. The normalized spacial score (nSPS) is 10.2. The van der Waals surface area contributed by atoms with Crippen LogP contribution in [0.25, 0.3) is 0 Å². The van der Waals surface area contributed by atoms with Crippen LogP contribution in [0.3, 0.4) is 0 Å². The standard InChI is InChI=1S/C10H16N2O/c1-2-3-4-5-6-9-7-10(13)12-8-11-9/h7-8H,2-6H2,1H3,(H,11,12,13). The lowest BCUT2D eigenvalue weighted by Crippen LogP contribution is -2.06. The van der Waals surface area contributed by atoms with Crippen LogP contribution in [-0.4, -0.2) is 9.97 Å². The van der Waals surface area contributed by atoms with E-state index in [-0.39, 0.29) is 5.56 Å². The molecule has 0 aliphatic carbocycles. The molecule has 3 nitrogen and oxygen atoms in total. The van der Waals surface area contributed by atoms with Crippen LogP contribution in [-0.2, 0) is 6.42 Å². The van der Waals surface area contributed by atoms with Gasteiger partial charge in [-0.15, -0.1) is 0 Å². The van der Waals surface area contributed by atoms with E-state index in [0.717, 1.165) is 18.5 Å². The van der Waals surface area contributed by atoms with Gasteiger partial charge in [0.05, 0.1) is 6.33 Å².